The van der Waals surface area contributed by atoms with Crippen molar-refractivity contribution in [2.24, 2.45) is 0 Å². The van der Waals surface area contributed by atoms with E-state index in [0.29, 0.717) is 9.46 Å². The minimum atomic E-state index is -0.598. The highest BCUT2D eigenvalue weighted by Crippen LogP contribution is 2.31. The Balaban J connectivity index is 1.38. The van der Waals surface area contributed by atoms with E-state index < -0.39 is 11.8 Å². The van der Waals surface area contributed by atoms with E-state index in [1.807, 2.05) is 0 Å². The van der Waals surface area contributed by atoms with Gasteiger partial charge in [0, 0.05) is 21.6 Å². The first-order valence-corrected chi connectivity index (χ1v) is 10.5. The van der Waals surface area contributed by atoms with Crippen LogP contribution < -0.4 is 20.1 Å². The number of nitrogens with one attached hydrogen (secondary N) is 4. The molecular formula is C14H10N12O4S2. The van der Waals surface area contributed by atoms with Crippen LogP contribution in [0.15, 0.2) is 47.5 Å². The van der Waals surface area contributed by atoms with Crippen LogP contribution in [0.2, 0.25) is 0 Å². The van der Waals surface area contributed by atoms with E-state index in [4.69, 9.17) is 0 Å². The molecule has 4 N–H and O–H groups in total. The second-order valence-electron chi connectivity index (χ2n) is 5.69. The maximum Gasteiger partial charge on any atom is 0.373 e. The summed E-state index contributed by atoms with van der Waals surface area (Å²) in [4.78, 5) is 32.0. The van der Waals surface area contributed by atoms with Crippen molar-refractivity contribution in [1.82, 2.24) is 40.8 Å². The highest BCUT2D eigenvalue weighted by molar-refractivity contribution is 8.76. The fourth-order valence-corrected chi connectivity index (χ4v) is 3.86. The van der Waals surface area contributed by atoms with Crippen molar-refractivity contribution in [2.45, 2.75) is 10.3 Å². The van der Waals surface area contributed by atoms with Crippen molar-refractivity contribution in [2.75, 3.05) is 10.6 Å². The molecule has 0 fully saturated rings. The van der Waals surface area contributed by atoms with Crippen LogP contribution in [0.25, 0.3) is 0 Å². The fourth-order valence-electron chi connectivity index (χ4n) is 2.12. The van der Waals surface area contributed by atoms with E-state index in [2.05, 4.69) is 51.4 Å². The van der Waals surface area contributed by atoms with Gasteiger partial charge < -0.3 is 21.0 Å². The summed E-state index contributed by atoms with van der Waals surface area (Å²) in [5.41, 5.74) is -0.00585. The quantitative estimate of drug-likeness (QED) is 0.113. The summed E-state index contributed by atoms with van der Waals surface area (Å²) in [7, 11) is 1.70. The van der Waals surface area contributed by atoms with E-state index in [-0.39, 0.29) is 33.1 Å². The minimum absolute atomic E-state index is 0.00292. The second-order valence-corrected chi connectivity index (χ2v) is 7.75. The molecule has 0 aliphatic heterocycles. The third-order valence-corrected chi connectivity index (χ3v) is 5.64. The van der Waals surface area contributed by atoms with Crippen LogP contribution in [-0.4, -0.2) is 52.6 Å². The molecule has 0 atom stereocenters. The van der Waals surface area contributed by atoms with Crippen LogP contribution in [0.1, 0.15) is 20.7 Å². The molecule has 4 heterocycles. The lowest BCUT2D eigenvalue weighted by Gasteiger charge is -2.07. The van der Waals surface area contributed by atoms with Gasteiger partial charge in [0.1, 0.15) is 23.5 Å². The van der Waals surface area contributed by atoms with Crippen LogP contribution in [0.3, 0.4) is 0 Å². The highest BCUT2D eigenvalue weighted by Gasteiger charge is 2.21. The smallest absolute Gasteiger partial charge is 0.373 e. The molecule has 16 nitrogen and oxygen atoms in total. The van der Waals surface area contributed by atoms with Gasteiger partial charge in [-0.15, -0.1) is 10.2 Å². The third-order valence-electron chi connectivity index (χ3n) is 3.55. The average molecular weight is 474 g/mol. The summed E-state index contributed by atoms with van der Waals surface area (Å²) in [5.74, 6) is -0.825. The van der Waals surface area contributed by atoms with Gasteiger partial charge in [-0.25, -0.2) is 9.46 Å². The molecule has 32 heavy (non-hydrogen) atoms. The summed E-state index contributed by atoms with van der Waals surface area (Å²) < 4.78 is 0.758. The SMILES string of the molecule is O=C(Nc1cn[nH]n1)c1cnc(SSc2ncc(C(=O)Nc3cn[nH]n3)c[n+]2[O-])[n+]([O-])c1. The number of hydrogen-bond donors (Lipinski definition) is 4. The molecule has 0 aliphatic carbocycles. The third kappa shape index (κ3) is 4.87. The number of anilines is 2. The first kappa shape index (κ1) is 20.9. The lowest BCUT2D eigenvalue weighted by Crippen LogP contribution is -2.33. The minimum Gasteiger partial charge on any atom is -0.710 e. The molecular weight excluding hydrogens is 464 g/mol. The largest absolute Gasteiger partial charge is 0.710 e. The van der Waals surface area contributed by atoms with Gasteiger partial charge in [-0.05, 0) is 9.97 Å². The van der Waals surface area contributed by atoms with Gasteiger partial charge in [0.25, 0.3) is 11.8 Å². The summed E-state index contributed by atoms with van der Waals surface area (Å²) >= 11 is 0. The molecule has 4 aromatic heterocycles. The Kier molecular flexibility index (Phi) is 6.03. The zero-order valence-electron chi connectivity index (χ0n) is 15.5. The van der Waals surface area contributed by atoms with Crippen LogP contribution in [-0.2, 0) is 0 Å². The van der Waals surface area contributed by atoms with E-state index in [1.165, 1.54) is 24.8 Å². The molecule has 4 rings (SSSR count). The Labute approximate surface area is 184 Å². The number of H-pyrrole nitrogens is 2. The Morgan fingerprint density at radius 1 is 0.781 bits per heavy atom. The van der Waals surface area contributed by atoms with Gasteiger partial charge in [0.2, 0.25) is 0 Å². The Hall–Kier alpha value is -4.32. The number of carbonyl (C=O) groups excluding carboxylic acids is 2. The average Bonchev–Trinajstić information content (AvgIpc) is 3.48. The van der Waals surface area contributed by atoms with Crippen molar-refractivity contribution in [3.63, 3.8) is 0 Å². The first-order chi connectivity index (χ1) is 15.5. The topological polar surface area (TPSA) is 221 Å². The van der Waals surface area contributed by atoms with Gasteiger partial charge >= 0.3 is 10.3 Å². The first-order valence-electron chi connectivity index (χ1n) is 8.37. The maximum absolute atomic E-state index is 12.2. The maximum atomic E-state index is 12.2. The number of nitrogens with zero attached hydrogens (tertiary/aromatic N) is 8. The summed E-state index contributed by atoms with van der Waals surface area (Å²) in [6.45, 7) is 0. The summed E-state index contributed by atoms with van der Waals surface area (Å²) in [6, 6.07) is 0. The number of aromatic amines is 2. The second kappa shape index (κ2) is 9.22. The van der Waals surface area contributed by atoms with Crippen molar-refractivity contribution in [3.05, 3.63) is 58.7 Å². The lowest BCUT2D eigenvalue weighted by atomic mass is 10.3. The molecule has 18 heteroatoms. The normalized spacial score (nSPS) is 10.6. The fraction of sp³-hybridized carbons (Fsp3) is 0. The van der Waals surface area contributed by atoms with E-state index in [1.54, 1.807) is 0 Å². The monoisotopic (exact) mass is 474 g/mol. The highest BCUT2D eigenvalue weighted by atomic mass is 33.1. The number of aromatic nitrogens is 10. The van der Waals surface area contributed by atoms with Crippen molar-refractivity contribution < 1.29 is 19.0 Å². The molecule has 0 aromatic carbocycles. The van der Waals surface area contributed by atoms with Crippen molar-refractivity contribution in [3.8, 4) is 0 Å². The molecule has 0 unspecified atom stereocenters. The van der Waals surface area contributed by atoms with E-state index in [9.17, 15) is 20.0 Å². The van der Waals surface area contributed by atoms with Crippen LogP contribution in [0, 0.1) is 10.4 Å². The molecule has 4 aromatic rings. The molecule has 2 amide bonds. The number of hydrogen-bond acceptors (Lipinski definition) is 12. The molecule has 0 radical (unpaired) electrons. The number of amides is 2. The molecule has 0 aliphatic rings. The van der Waals surface area contributed by atoms with Gasteiger partial charge in [0.15, 0.2) is 24.0 Å². The molecule has 0 saturated heterocycles. The predicted molar refractivity (Wildman–Crippen MR) is 107 cm³/mol. The van der Waals surface area contributed by atoms with Gasteiger partial charge in [-0.3, -0.25) is 9.59 Å². The molecule has 0 bridgehead atoms. The Morgan fingerprint density at radius 3 is 1.56 bits per heavy atom. The number of carbonyl (C=O) groups is 2. The molecule has 0 spiro atoms. The molecule has 0 saturated carbocycles. The standard InChI is InChI=1S/C14H10N12O4S2/c27-11(19-9-3-17-23-21-9)7-1-15-13(25(29)5-7)31-32-14-16-2-8(6-26(14)30)12(28)20-10-4-18-24-22-10/h1-6H,(H2,17,19,21,23,27)(H2,18,20,22,24,28). The Bertz CT molecular complexity index is 1150. The molecule has 162 valence electrons. The number of rotatable bonds is 7. The predicted octanol–water partition coefficient (Wildman–Crippen LogP) is -0.716. The van der Waals surface area contributed by atoms with Crippen molar-refractivity contribution >= 4 is 45.0 Å². The van der Waals surface area contributed by atoms with Gasteiger partial charge in [-0.1, -0.05) is 0 Å². The summed E-state index contributed by atoms with van der Waals surface area (Å²) in [5, 5.41) is 48.3. The zero-order chi connectivity index (χ0) is 22.5. The van der Waals surface area contributed by atoms with Gasteiger partial charge in [0.05, 0.1) is 12.4 Å². The van der Waals surface area contributed by atoms with Crippen molar-refractivity contribution in [1.29, 1.82) is 0 Å². The van der Waals surface area contributed by atoms with Crippen LogP contribution in [0.4, 0.5) is 11.6 Å². The van der Waals surface area contributed by atoms with Crippen LogP contribution in [0.5, 0.6) is 0 Å². The Morgan fingerprint density at radius 2 is 1.22 bits per heavy atom. The zero-order valence-corrected chi connectivity index (χ0v) is 17.1. The lowest BCUT2D eigenvalue weighted by molar-refractivity contribution is -0.651. The van der Waals surface area contributed by atoms with E-state index in [0.717, 1.165) is 34.0 Å². The summed E-state index contributed by atoms with van der Waals surface area (Å²) in [6.07, 6.45) is 7.05. The van der Waals surface area contributed by atoms with E-state index >= 15 is 0 Å². The van der Waals surface area contributed by atoms with Gasteiger partial charge in [-0.2, -0.15) is 20.6 Å². The van der Waals surface area contributed by atoms with Crippen LogP contribution >= 0.6 is 21.6 Å².